The predicted octanol–water partition coefficient (Wildman–Crippen LogP) is 3.02. The van der Waals surface area contributed by atoms with Crippen molar-refractivity contribution < 1.29 is 0 Å². The second-order valence-electron chi connectivity index (χ2n) is 5.48. The smallest absolute Gasteiger partial charge is 0.0627 e. The van der Waals surface area contributed by atoms with Crippen LogP contribution in [0.25, 0.3) is 0 Å². The molecule has 0 radical (unpaired) electrons. The van der Waals surface area contributed by atoms with Gasteiger partial charge in [0.05, 0.1) is 5.69 Å². The molecule has 3 heteroatoms. The van der Waals surface area contributed by atoms with Crippen LogP contribution in [0.3, 0.4) is 0 Å². The Balaban J connectivity index is 2.58. The summed E-state index contributed by atoms with van der Waals surface area (Å²) >= 11 is 0. The molecule has 0 saturated carbocycles. The van der Waals surface area contributed by atoms with Crippen LogP contribution >= 0.6 is 0 Å². The van der Waals surface area contributed by atoms with Crippen LogP contribution in [0.2, 0.25) is 0 Å². The fourth-order valence-corrected chi connectivity index (χ4v) is 2.14. The van der Waals surface area contributed by atoms with Gasteiger partial charge in [-0.1, -0.05) is 20.8 Å². The Morgan fingerprint density at radius 2 is 2.06 bits per heavy atom. The zero-order valence-corrected chi connectivity index (χ0v) is 11.7. The summed E-state index contributed by atoms with van der Waals surface area (Å²) in [7, 11) is 0. The molecule has 1 rings (SSSR count). The summed E-state index contributed by atoms with van der Waals surface area (Å²) in [6.07, 6.45) is 5.41. The van der Waals surface area contributed by atoms with E-state index in [2.05, 4.69) is 49.7 Å². The number of hydrogen-bond acceptors (Lipinski definition) is 2. The number of hydrogen-bond donors (Lipinski definition) is 1. The molecular weight excluding hydrogens is 210 g/mol. The van der Waals surface area contributed by atoms with Crippen molar-refractivity contribution in [3.8, 4) is 0 Å². The van der Waals surface area contributed by atoms with E-state index in [4.69, 9.17) is 5.73 Å². The van der Waals surface area contributed by atoms with Gasteiger partial charge in [0, 0.05) is 12.2 Å². The molecule has 2 N–H and O–H groups in total. The fraction of sp³-hybridized carbons (Fsp3) is 0.786. The Hall–Kier alpha value is -0.830. The van der Waals surface area contributed by atoms with Gasteiger partial charge in [-0.2, -0.15) is 5.10 Å². The third-order valence-corrected chi connectivity index (χ3v) is 3.34. The summed E-state index contributed by atoms with van der Waals surface area (Å²) in [6, 6.07) is 2.62. The molecule has 2 unspecified atom stereocenters. The summed E-state index contributed by atoms with van der Waals surface area (Å²) in [4.78, 5) is 0. The third-order valence-electron chi connectivity index (χ3n) is 3.34. The summed E-state index contributed by atoms with van der Waals surface area (Å²) in [5.74, 6) is 1.27. The molecule has 0 spiro atoms. The first-order valence-electron chi connectivity index (χ1n) is 6.80. The van der Waals surface area contributed by atoms with E-state index in [1.807, 2.05) is 0 Å². The lowest BCUT2D eigenvalue weighted by atomic mass is 9.93. The molecule has 1 aromatic rings. The maximum atomic E-state index is 5.83. The monoisotopic (exact) mass is 237 g/mol. The Morgan fingerprint density at radius 3 is 2.59 bits per heavy atom. The van der Waals surface area contributed by atoms with E-state index in [0.717, 1.165) is 19.4 Å². The number of nitrogens with zero attached hydrogens (tertiary/aromatic N) is 2. The highest BCUT2D eigenvalue weighted by Crippen LogP contribution is 2.16. The molecule has 0 amide bonds. The molecule has 17 heavy (non-hydrogen) atoms. The summed E-state index contributed by atoms with van der Waals surface area (Å²) in [5, 5.41) is 4.64. The van der Waals surface area contributed by atoms with Crippen LogP contribution in [0.5, 0.6) is 0 Å². The second kappa shape index (κ2) is 6.80. The number of rotatable bonds is 7. The average Bonchev–Trinajstić information content (AvgIpc) is 2.75. The lowest BCUT2D eigenvalue weighted by Crippen LogP contribution is -2.19. The van der Waals surface area contributed by atoms with Crippen molar-refractivity contribution in [2.45, 2.75) is 53.0 Å². The molecule has 1 aromatic heterocycles. The van der Waals surface area contributed by atoms with Gasteiger partial charge >= 0.3 is 0 Å². The molecular formula is C14H27N3. The Kier molecular flexibility index (Phi) is 5.69. The predicted molar refractivity (Wildman–Crippen MR) is 72.9 cm³/mol. The average molecular weight is 237 g/mol. The molecule has 0 aromatic carbocycles. The molecule has 0 aliphatic rings. The van der Waals surface area contributed by atoms with Crippen molar-refractivity contribution in [2.24, 2.45) is 17.6 Å². The van der Waals surface area contributed by atoms with Crippen LogP contribution in [-0.4, -0.2) is 16.3 Å². The van der Waals surface area contributed by atoms with Gasteiger partial charge in [-0.15, -0.1) is 0 Å². The SMILES string of the molecule is CCC(C)n1ccc(CC(CN)CC(C)C)n1. The van der Waals surface area contributed by atoms with Crippen LogP contribution in [0, 0.1) is 11.8 Å². The standard InChI is InChI=1S/C14H27N3/c1-5-12(4)17-7-6-14(16-17)9-13(10-15)8-11(2)3/h6-7,11-13H,5,8-10,15H2,1-4H3. The molecule has 0 bridgehead atoms. The maximum absolute atomic E-state index is 5.83. The minimum Gasteiger partial charge on any atom is -0.330 e. The lowest BCUT2D eigenvalue weighted by molar-refractivity contribution is 0.406. The third kappa shape index (κ3) is 4.50. The zero-order chi connectivity index (χ0) is 12.8. The van der Waals surface area contributed by atoms with Crippen molar-refractivity contribution in [3.63, 3.8) is 0 Å². The molecule has 0 saturated heterocycles. The lowest BCUT2D eigenvalue weighted by Gasteiger charge is -2.15. The van der Waals surface area contributed by atoms with Crippen molar-refractivity contribution in [1.29, 1.82) is 0 Å². The highest BCUT2D eigenvalue weighted by atomic mass is 15.3. The molecule has 2 atom stereocenters. The van der Waals surface area contributed by atoms with Crippen molar-refractivity contribution in [3.05, 3.63) is 18.0 Å². The van der Waals surface area contributed by atoms with E-state index in [9.17, 15) is 0 Å². The molecule has 3 nitrogen and oxygen atoms in total. The first-order valence-corrected chi connectivity index (χ1v) is 6.80. The van der Waals surface area contributed by atoms with Crippen molar-refractivity contribution >= 4 is 0 Å². The van der Waals surface area contributed by atoms with E-state index >= 15 is 0 Å². The quantitative estimate of drug-likeness (QED) is 0.792. The van der Waals surface area contributed by atoms with Gasteiger partial charge in [-0.05, 0) is 50.6 Å². The fourth-order valence-electron chi connectivity index (χ4n) is 2.14. The minimum atomic E-state index is 0.491. The molecule has 1 heterocycles. The molecule has 0 fully saturated rings. The van der Waals surface area contributed by atoms with E-state index in [1.54, 1.807) is 0 Å². The van der Waals surface area contributed by atoms with Gasteiger partial charge in [0.2, 0.25) is 0 Å². The van der Waals surface area contributed by atoms with Gasteiger partial charge < -0.3 is 5.73 Å². The van der Waals surface area contributed by atoms with E-state index in [0.29, 0.717) is 17.9 Å². The van der Waals surface area contributed by atoms with Crippen molar-refractivity contribution in [1.82, 2.24) is 9.78 Å². The molecule has 0 aliphatic heterocycles. The zero-order valence-electron chi connectivity index (χ0n) is 11.7. The number of nitrogens with two attached hydrogens (primary N) is 1. The van der Waals surface area contributed by atoms with Crippen LogP contribution in [0.1, 0.15) is 52.3 Å². The minimum absolute atomic E-state index is 0.491. The second-order valence-corrected chi connectivity index (χ2v) is 5.48. The van der Waals surface area contributed by atoms with Crippen LogP contribution < -0.4 is 5.73 Å². The summed E-state index contributed by atoms with van der Waals surface area (Å²) in [6.45, 7) is 9.65. The molecule has 0 aliphatic carbocycles. The van der Waals surface area contributed by atoms with Crippen LogP contribution in [0.15, 0.2) is 12.3 Å². The Bertz CT molecular complexity index is 317. The van der Waals surface area contributed by atoms with Gasteiger partial charge in [-0.25, -0.2) is 0 Å². The van der Waals surface area contributed by atoms with E-state index in [-0.39, 0.29) is 0 Å². The largest absolute Gasteiger partial charge is 0.330 e. The van der Waals surface area contributed by atoms with Gasteiger partial charge in [0.15, 0.2) is 0 Å². The van der Waals surface area contributed by atoms with Crippen LogP contribution in [-0.2, 0) is 6.42 Å². The number of aromatic nitrogens is 2. The summed E-state index contributed by atoms with van der Waals surface area (Å²) < 4.78 is 2.07. The highest BCUT2D eigenvalue weighted by Gasteiger charge is 2.12. The van der Waals surface area contributed by atoms with E-state index < -0.39 is 0 Å². The first-order chi connectivity index (χ1) is 8.06. The maximum Gasteiger partial charge on any atom is 0.0627 e. The first kappa shape index (κ1) is 14.2. The van der Waals surface area contributed by atoms with Gasteiger partial charge in [-0.3, -0.25) is 4.68 Å². The van der Waals surface area contributed by atoms with E-state index in [1.165, 1.54) is 12.1 Å². The topological polar surface area (TPSA) is 43.8 Å². The van der Waals surface area contributed by atoms with Crippen LogP contribution in [0.4, 0.5) is 0 Å². The Morgan fingerprint density at radius 1 is 1.35 bits per heavy atom. The molecule has 98 valence electrons. The highest BCUT2D eigenvalue weighted by molar-refractivity contribution is 5.01. The van der Waals surface area contributed by atoms with Gasteiger partial charge in [0.25, 0.3) is 0 Å². The summed E-state index contributed by atoms with van der Waals surface area (Å²) in [5.41, 5.74) is 7.01. The Labute approximate surface area is 105 Å². The van der Waals surface area contributed by atoms with Crippen molar-refractivity contribution in [2.75, 3.05) is 6.54 Å². The normalized spacial score (nSPS) is 15.2. The van der Waals surface area contributed by atoms with Gasteiger partial charge in [0.1, 0.15) is 0 Å².